The number of halogens is 1. The first kappa shape index (κ1) is 12.8. The molecule has 0 amide bonds. The van der Waals surface area contributed by atoms with Crippen LogP contribution in [-0.4, -0.2) is 34.2 Å². The molecule has 17 heavy (non-hydrogen) atoms. The topological polar surface area (TPSA) is 36.4 Å². The quantitative estimate of drug-likeness (QED) is 0.793. The van der Waals surface area contributed by atoms with E-state index >= 15 is 0 Å². The van der Waals surface area contributed by atoms with Gasteiger partial charge >= 0.3 is 0 Å². The Bertz CT molecular complexity index is 338. The van der Waals surface area contributed by atoms with Crippen LogP contribution in [0.3, 0.4) is 0 Å². The van der Waals surface area contributed by atoms with Gasteiger partial charge in [-0.25, -0.2) is 4.98 Å². The van der Waals surface area contributed by atoms with Crippen LogP contribution >= 0.6 is 11.6 Å². The second kappa shape index (κ2) is 6.34. The minimum absolute atomic E-state index is 0.266. The van der Waals surface area contributed by atoms with E-state index in [-0.39, 0.29) is 6.61 Å². The maximum absolute atomic E-state index is 8.93. The van der Waals surface area contributed by atoms with E-state index in [1.165, 1.54) is 24.8 Å². The van der Waals surface area contributed by atoms with Gasteiger partial charge in [0.2, 0.25) is 0 Å². The van der Waals surface area contributed by atoms with Gasteiger partial charge in [-0.3, -0.25) is 4.90 Å². The summed E-state index contributed by atoms with van der Waals surface area (Å²) in [6.07, 6.45) is 6.59. The van der Waals surface area contributed by atoms with E-state index < -0.39 is 0 Å². The van der Waals surface area contributed by atoms with Crippen molar-refractivity contribution in [2.75, 3.05) is 13.2 Å². The molecule has 1 aromatic rings. The van der Waals surface area contributed by atoms with Crippen molar-refractivity contribution in [1.29, 1.82) is 0 Å². The minimum Gasteiger partial charge on any atom is -0.396 e. The molecule has 1 N–H and O–H groups in total. The lowest BCUT2D eigenvalue weighted by Crippen LogP contribution is -2.40. The second-order valence-electron chi connectivity index (χ2n) is 4.62. The molecule has 94 valence electrons. The van der Waals surface area contributed by atoms with Crippen molar-refractivity contribution < 1.29 is 5.11 Å². The fraction of sp³-hybridized carbons (Fsp3) is 0.615. The van der Waals surface area contributed by atoms with Gasteiger partial charge in [-0.15, -0.1) is 0 Å². The zero-order valence-corrected chi connectivity index (χ0v) is 10.7. The van der Waals surface area contributed by atoms with Crippen molar-refractivity contribution in [2.24, 2.45) is 0 Å². The van der Waals surface area contributed by atoms with Crippen molar-refractivity contribution in [1.82, 2.24) is 9.88 Å². The molecule has 1 fully saturated rings. The smallest absolute Gasteiger partial charge is 0.129 e. The SMILES string of the molecule is OCCCN(Cc1ccc(Cl)nc1)C1CCC1. The highest BCUT2D eigenvalue weighted by Gasteiger charge is 2.24. The van der Waals surface area contributed by atoms with E-state index in [4.69, 9.17) is 16.7 Å². The molecule has 0 atom stereocenters. The first-order valence-electron chi connectivity index (χ1n) is 6.25. The van der Waals surface area contributed by atoms with Gasteiger partial charge in [-0.05, 0) is 30.9 Å². The Kier molecular flexibility index (Phi) is 4.77. The van der Waals surface area contributed by atoms with Crippen molar-refractivity contribution in [2.45, 2.75) is 38.3 Å². The maximum Gasteiger partial charge on any atom is 0.129 e. The Morgan fingerprint density at radius 3 is 2.76 bits per heavy atom. The van der Waals surface area contributed by atoms with Gasteiger partial charge in [0, 0.05) is 31.9 Å². The fourth-order valence-electron chi connectivity index (χ4n) is 2.15. The molecule has 0 radical (unpaired) electrons. The second-order valence-corrected chi connectivity index (χ2v) is 5.01. The van der Waals surface area contributed by atoms with Crippen LogP contribution in [-0.2, 0) is 6.54 Å². The van der Waals surface area contributed by atoms with E-state index in [9.17, 15) is 0 Å². The fourth-order valence-corrected chi connectivity index (χ4v) is 2.26. The number of aliphatic hydroxyl groups is 1. The van der Waals surface area contributed by atoms with Gasteiger partial charge < -0.3 is 5.11 Å². The highest BCUT2D eigenvalue weighted by atomic mass is 35.5. The predicted octanol–water partition coefficient (Wildman–Crippen LogP) is 2.47. The van der Waals surface area contributed by atoms with Gasteiger partial charge in [0.1, 0.15) is 5.15 Å². The molecule has 4 heteroatoms. The molecule has 0 spiro atoms. The Hall–Kier alpha value is -0.640. The van der Waals surface area contributed by atoms with Crippen LogP contribution in [0.2, 0.25) is 5.15 Å². The van der Waals surface area contributed by atoms with Crippen molar-refractivity contribution >= 4 is 11.6 Å². The first-order valence-corrected chi connectivity index (χ1v) is 6.63. The molecule has 1 saturated carbocycles. The third kappa shape index (κ3) is 3.66. The zero-order valence-electron chi connectivity index (χ0n) is 9.98. The summed E-state index contributed by atoms with van der Waals surface area (Å²) in [4.78, 5) is 6.55. The lowest BCUT2D eigenvalue weighted by atomic mass is 9.91. The molecule has 1 heterocycles. The molecular formula is C13H19ClN2O. The largest absolute Gasteiger partial charge is 0.396 e. The Morgan fingerprint density at radius 1 is 1.41 bits per heavy atom. The lowest BCUT2D eigenvalue weighted by molar-refractivity contribution is 0.109. The molecular weight excluding hydrogens is 236 g/mol. The highest BCUT2D eigenvalue weighted by molar-refractivity contribution is 6.29. The van der Waals surface area contributed by atoms with E-state index in [2.05, 4.69) is 9.88 Å². The summed E-state index contributed by atoms with van der Waals surface area (Å²) in [5.74, 6) is 0. The number of hydrogen-bond donors (Lipinski definition) is 1. The molecule has 1 aliphatic rings. The third-order valence-corrected chi connectivity index (χ3v) is 3.59. The standard InChI is InChI=1S/C13H19ClN2O/c14-13-6-5-11(9-15-13)10-16(7-2-8-17)12-3-1-4-12/h5-6,9,12,17H,1-4,7-8,10H2. The number of rotatable bonds is 6. The summed E-state index contributed by atoms with van der Waals surface area (Å²) >= 11 is 5.78. The zero-order chi connectivity index (χ0) is 12.1. The minimum atomic E-state index is 0.266. The summed E-state index contributed by atoms with van der Waals surface area (Å²) in [7, 11) is 0. The van der Waals surface area contributed by atoms with Crippen LogP contribution < -0.4 is 0 Å². The monoisotopic (exact) mass is 254 g/mol. The average molecular weight is 255 g/mol. The lowest BCUT2D eigenvalue weighted by Gasteiger charge is -2.37. The molecule has 0 unspecified atom stereocenters. The Morgan fingerprint density at radius 2 is 2.24 bits per heavy atom. The molecule has 0 aromatic carbocycles. The molecule has 0 aliphatic heterocycles. The van der Waals surface area contributed by atoms with Crippen LogP contribution in [0.25, 0.3) is 0 Å². The van der Waals surface area contributed by atoms with Gasteiger partial charge in [0.05, 0.1) is 0 Å². The highest BCUT2D eigenvalue weighted by Crippen LogP contribution is 2.26. The van der Waals surface area contributed by atoms with E-state index in [0.717, 1.165) is 19.5 Å². The van der Waals surface area contributed by atoms with Gasteiger partial charge in [0.15, 0.2) is 0 Å². The number of aliphatic hydroxyl groups excluding tert-OH is 1. The van der Waals surface area contributed by atoms with Crippen molar-refractivity contribution in [3.8, 4) is 0 Å². The predicted molar refractivity (Wildman–Crippen MR) is 69.0 cm³/mol. The number of hydrogen-bond acceptors (Lipinski definition) is 3. The summed E-state index contributed by atoms with van der Waals surface area (Å²) in [5.41, 5.74) is 1.19. The summed E-state index contributed by atoms with van der Waals surface area (Å²) in [6.45, 7) is 2.14. The molecule has 1 aromatic heterocycles. The maximum atomic E-state index is 8.93. The summed E-state index contributed by atoms with van der Waals surface area (Å²) in [5, 5.41) is 9.47. The van der Waals surface area contributed by atoms with Crippen LogP contribution in [0.5, 0.6) is 0 Å². The van der Waals surface area contributed by atoms with E-state index in [1.807, 2.05) is 18.3 Å². The summed E-state index contributed by atoms with van der Waals surface area (Å²) < 4.78 is 0. The van der Waals surface area contributed by atoms with Crippen molar-refractivity contribution in [3.63, 3.8) is 0 Å². The van der Waals surface area contributed by atoms with Crippen LogP contribution in [0, 0.1) is 0 Å². The van der Waals surface area contributed by atoms with Gasteiger partial charge in [-0.2, -0.15) is 0 Å². The Labute approximate surface area is 107 Å². The molecule has 1 aliphatic carbocycles. The molecule has 0 saturated heterocycles. The van der Waals surface area contributed by atoms with Crippen molar-refractivity contribution in [3.05, 3.63) is 29.0 Å². The first-order chi connectivity index (χ1) is 8.29. The normalized spacial score (nSPS) is 16.2. The number of nitrogens with zero attached hydrogens (tertiary/aromatic N) is 2. The summed E-state index contributed by atoms with van der Waals surface area (Å²) in [6, 6.07) is 4.55. The van der Waals surface area contributed by atoms with Crippen LogP contribution in [0.1, 0.15) is 31.2 Å². The molecule has 0 bridgehead atoms. The van der Waals surface area contributed by atoms with E-state index in [0.29, 0.717) is 11.2 Å². The van der Waals surface area contributed by atoms with Gasteiger partial charge in [-0.1, -0.05) is 24.1 Å². The van der Waals surface area contributed by atoms with Crippen LogP contribution in [0.4, 0.5) is 0 Å². The van der Waals surface area contributed by atoms with Gasteiger partial charge in [0.25, 0.3) is 0 Å². The molecule has 3 nitrogen and oxygen atoms in total. The third-order valence-electron chi connectivity index (χ3n) is 3.37. The van der Waals surface area contributed by atoms with E-state index in [1.54, 1.807) is 0 Å². The van der Waals surface area contributed by atoms with Crippen LogP contribution in [0.15, 0.2) is 18.3 Å². The average Bonchev–Trinajstić information content (AvgIpc) is 2.26. The Balaban J connectivity index is 1.93. The number of pyridine rings is 1. The molecule has 2 rings (SSSR count). The number of aromatic nitrogens is 1.